The molecule has 0 fully saturated rings. The van der Waals surface area contributed by atoms with Crippen molar-refractivity contribution in [1.82, 2.24) is 4.98 Å². The number of benzene rings is 1. The summed E-state index contributed by atoms with van der Waals surface area (Å²) in [5, 5.41) is 2.52. The van der Waals surface area contributed by atoms with Crippen LogP contribution < -0.4 is 4.72 Å². The molecule has 2 heterocycles. The van der Waals surface area contributed by atoms with Gasteiger partial charge in [-0.2, -0.15) is 0 Å². The Hall–Kier alpha value is -1.99. The first-order valence-electron chi connectivity index (χ1n) is 6.50. The van der Waals surface area contributed by atoms with Gasteiger partial charge in [-0.3, -0.25) is 4.72 Å². The second kappa shape index (κ2) is 5.33. The molecule has 114 valence electrons. The SMILES string of the molecule is Cc1cc(C)c2c(NS(=O)(=O)c3ccc(F)cc3)csc2n1. The minimum absolute atomic E-state index is 0.0194. The zero-order valence-electron chi connectivity index (χ0n) is 11.9. The molecule has 22 heavy (non-hydrogen) atoms. The molecule has 1 aromatic carbocycles. The predicted molar refractivity (Wildman–Crippen MR) is 86.3 cm³/mol. The van der Waals surface area contributed by atoms with Gasteiger partial charge < -0.3 is 0 Å². The summed E-state index contributed by atoms with van der Waals surface area (Å²) < 4.78 is 40.3. The summed E-state index contributed by atoms with van der Waals surface area (Å²) in [6.45, 7) is 3.81. The predicted octanol–water partition coefficient (Wildman–Crippen LogP) is 3.85. The number of rotatable bonds is 3. The van der Waals surface area contributed by atoms with Crippen molar-refractivity contribution in [2.75, 3.05) is 4.72 Å². The van der Waals surface area contributed by atoms with Crippen LogP contribution >= 0.6 is 11.3 Å². The van der Waals surface area contributed by atoms with Gasteiger partial charge in [0, 0.05) is 16.5 Å². The Labute approximate surface area is 131 Å². The molecule has 4 nitrogen and oxygen atoms in total. The molecule has 0 aliphatic heterocycles. The molecular weight excluding hydrogens is 323 g/mol. The Morgan fingerprint density at radius 1 is 1.18 bits per heavy atom. The Bertz CT molecular complexity index is 948. The van der Waals surface area contributed by atoms with Crippen molar-refractivity contribution in [2.45, 2.75) is 18.7 Å². The lowest BCUT2D eigenvalue weighted by Gasteiger charge is -2.08. The minimum Gasteiger partial charge on any atom is -0.278 e. The van der Waals surface area contributed by atoms with Crippen molar-refractivity contribution < 1.29 is 12.8 Å². The van der Waals surface area contributed by atoms with Crippen LogP contribution in [0.5, 0.6) is 0 Å². The van der Waals surface area contributed by atoms with Crippen molar-refractivity contribution >= 4 is 37.3 Å². The quantitative estimate of drug-likeness (QED) is 0.790. The van der Waals surface area contributed by atoms with E-state index < -0.39 is 15.8 Å². The van der Waals surface area contributed by atoms with Gasteiger partial charge in [-0.1, -0.05) is 0 Å². The average Bonchev–Trinajstić information content (AvgIpc) is 2.81. The van der Waals surface area contributed by atoms with Crippen molar-refractivity contribution in [3.8, 4) is 0 Å². The van der Waals surface area contributed by atoms with Crippen molar-refractivity contribution in [3.05, 3.63) is 52.8 Å². The minimum atomic E-state index is -3.76. The van der Waals surface area contributed by atoms with E-state index in [9.17, 15) is 12.8 Å². The Morgan fingerprint density at radius 3 is 2.55 bits per heavy atom. The molecule has 0 aliphatic rings. The summed E-state index contributed by atoms with van der Waals surface area (Å²) in [4.78, 5) is 5.21. The maximum absolute atomic E-state index is 12.9. The van der Waals surface area contributed by atoms with Gasteiger partial charge in [-0.15, -0.1) is 11.3 Å². The van der Waals surface area contributed by atoms with Gasteiger partial charge in [0.05, 0.1) is 10.6 Å². The molecule has 0 amide bonds. The second-order valence-corrected chi connectivity index (χ2v) is 7.51. The van der Waals surface area contributed by atoms with Crippen LogP contribution in [0.4, 0.5) is 10.1 Å². The van der Waals surface area contributed by atoms with Gasteiger partial charge in [0.25, 0.3) is 10.0 Å². The number of aryl methyl sites for hydroxylation is 2. The fourth-order valence-electron chi connectivity index (χ4n) is 2.28. The highest BCUT2D eigenvalue weighted by Gasteiger charge is 2.18. The third-order valence-electron chi connectivity index (χ3n) is 3.24. The molecule has 0 unspecified atom stereocenters. The highest BCUT2D eigenvalue weighted by atomic mass is 32.2. The molecule has 0 saturated carbocycles. The van der Waals surface area contributed by atoms with Crippen molar-refractivity contribution in [1.29, 1.82) is 0 Å². The lowest BCUT2D eigenvalue weighted by molar-refractivity contribution is 0.600. The summed E-state index contributed by atoms with van der Waals surface area (Å²) in [7, 11) is -3.76. The van der Waals surface area contributed by atoms with Crippen LogP contribution in [0.25, 0.3) is 10.2 Å². The van der Waals surface area contributed by atoms with E-state index in [1.165, 1.54) is 23.5 Å². The van der Waals surface area contributed by atoms with Crippen LogP contribution in [-0.2, 0) is 10.0 Å². The number of hydrogen-bond acceptors (Lipinski definition) is 4. The molecule has 3 rings (SSSR count). The molecule has 3 aromatic rings. The van der Waals surface area contributed by atoms with Gasteiger partial charge in [-0.25, -0.2) is 17.8 Å². The van der Waals surface area contributed by atoms with Crippen LogP contribution in [0.1, 0.15) is 11.3 Å². The Morgan fingerprint density at radius 2 is 1.86 bits per heavy atom. The lowest BCUT2D eigenvalue weighted by Crippen LogP contribution is -2.12. The number of hydrogen-bond donors (Lipinski definition) is 1. The normalized spacial score (nSPS) is 11.8. The number of fused-ring (bicyclic) bond motifs is 1. The Balaban J connectivity index is 2.04. The first kappa shape index (κ1) is 14.9. The molecule has 1 N–H and O–H groups in total. The largest absolute Gasteiger partial charge is 0.278 e. The van der Waals surface area contributed by atoms with E-state index in [1.807, 2.05) is 19.9 Å². The summed E-state index contributed by atoms with van der Waals surface area (Å²) in [6, 6.07) is 6.63. The number of nitrogens with one attached hydrogen (secondary N) is 1. The van der Waals surface area contributed by atoms with Gasteiger partial charge >= 0.3 is 0 Å². The van der Waals surface area contributed by atoms with Crippen molar-refractivity contribution in [2.24, 2.45) is 0 Å². The first-order chi connectivity index (χ1) is 10.4. The number of sulfonamides is 1. The number of pyridine rings is 1. The van der Waals surface area contributed by atoms with Gasteiger partial charge in [0.2, 0.25) is 0 Å². The number of anilines is 1. The van der Waals surface area contributed by atoms with Crippen LogP contribution in [0.3, 0.4) is 0 Å². The number of aromatic nitrogens is 1. The van der Waals surface area contributed by atoms with Gasteiger partial charge in [0.15, 0.2) is 0 Å². The summed E-state index contributed by atoms with van der Waals surface area (Å²) in [5.74, 6) is -0.476. The number of nitrogens with zero attached hydrogens (tertiary/aromatic N) is 1. The van der Waals surface area contributed by atoms with Gasteiger partial charge in [0.1, 0.15) is 10.6 Å². The smallest absolute Gasteiger partial charge is 0.261 e. The molecule has 0 radical (unpaired) electrons. The second-order valence-electron chi connectivity index (χ2n) is 4.97. The monoisotopic (exact) mass is 336 g/mol. The van der Waals surface area contributed by atoms with E-state index in [4.69, 9.17) is 0 Å². The van der Waals surface area contributed by atoms with E-state index in [0.29, 0.717) is 5.69 Å². The van der Waals surface area contributed by atoms with E-state index in [2.05, 4.69) is 9.71 Å². The fourth-order valence-corrected chi connectivity index (χ4v) is 4.41. The maximum atomic E-state index is 12.9. The molecule has 0 bridgehead atoms. The summed E-state index contributed by atoms with van der Waals surface area (Å²) in [6.07, 6.45) is 0. The maximum Gasteiger partial charge on any atom is 0.261 e. The van der Waals surface area contributed by atoms with E-state index in [0.717, 1.165) is 33.6 Å². The number of thiophene rings is 1. The zero-order valence-corrected chi connectivity index (χ0v) is 13.6. The molecule has 0 atom stereocenters. The van der Waals surface area contributed by atoms with Crippen molar-refractivity contribution in [3.63, 3.8) is 0 Å². The number of halogens is 1. The molecule has 7 heteroatoms. The molecule has 0 aliphatic carbocycles. The van der Waals surface area contributed by atoms with Gasteiger partial charge in [-0.05, 0) is 49.7 Å². The molecule has 2 aromatic heterocycles. The fraction of sp³-hybridized carbons (Fsp3) is 0.133. The Kier molecular flexibility index (Phi) is 3.62. The molecule has 0 spiro atoms. The third kappa shape index (κ3) is 2.69. The topological polar surface area (TPSA) is 59.1 Å². The lowest BCUT2D eigenvalue weighted by atomic mass is 10.2. The van der Waals surface area contributed by atoms with E-state index in [-0.39, 0.29) is 4.90 Å². The van der Waals surface area contributed by atoms with Crippen LogP contribution in [0, 0.1) is 19.7 Å². The molecule has 0 saturated heterocycles. The standard InChI is InChI=1S/C15H13FN2O2S2/c1-9-7-10(2)17-15-14(9)13(8-21-15)18-22(19,20)12-5-3-11(16)4-6-12/h3-8,18H,1-2H3. The highest BCUT2D eigenvalue weighted by molar-refractivity contribution is 7.92. The van der Waals surface area contributed by atoms with E-state index in [1.54, 1.807) is 5.38 Å². The zero-order chi connectivity index (χ0) is 15.9. The van der Waals surface area contributed by atoms with Crippen LogP contribution in [0.2, 0.25) is 0 Å². The third-order valence-corrected chi connectivity index (χ3v) is 5.49. The first-order valence-corrected chi connectivity index (χ1v) is 8.87. The molecular formula is C15H13FN2O2S2. The van der Waals surface area contributed by atoms with E-state index >= 15 is 0 Å². The summed E-state index contributed by atoms with van der Waals surface area (Å²) >= 11 is 1.38. The summed E-state index contributed by atoms with van der Waals surface area (Å²) in [5.41, 5.74) is 2.34. The highest BCUT2D eigenvalue weighted by Crippen LogP contribution is 2.33. The average molecular weight is 336 g/mol. The van der Waals surface area contributed by atoms with Crippen LogP contribution in [0.15, 0.2) is 40.6 Å². The van der Waals surface area contributed by atoms with Crippen LogP contribution in [-0.4, -0.2) is 13.4 Å².